The number of aryl methyl sites for hydroxylation is 1. The standard InChI is InChI=1S/C12H17NO2/c1-2-12(13,11(14)15)9-8-10-6-4-3-5-7-10/h3-7H,2,8-9,13H2,1H3,(H,14,15). The van der Waals surface area contributed by atoms with E-state index in [2.05, 4.69) is 0 Å². The number of aliphatic carboxylic acids is 1. The summed E-state index contributed by atoms with van der Waals surface area (Å²) >= 11 is 0. The van der Waals surface area contributed by atoms with Gasteiger partial charge in [-0.2, -0.15) is 0 Å². The number of hydrogen-bond donors (Lipinski definition) is 2. The van der Waals surface area contributed by atoms with Gasteiger partial charge in [0.25, 0.3) is 0 Å². The maximum absolute atomic E-state index is 10.9. The molecule has 82 valence electrons. The number of carboxylic acids is 1. The van der Waals surface area contributed by atoms with Crippen molar-refractivity contribution in [1.82, 2.24) is 0 Å². The van der Waals surface area contributed by atoms with Crippen LogP contribution in [0, 0.1) is 0 Å². The lowest BCUT2D eigenvalue weighted by Gasteiger charge is -2.22. The second kappa shape index (κ2) is 4.94. The van der Waals surface area contributed by atoms with Crippen molar-refractivity contribution in [2.24, 2.45) is 5.73 Å². The van der Waals surface area contributed by atoms with Gasteiger partial charge in [-0.25, -0.2) is 0 Å². The molecule has 1 atom stereocenters. The fourth-order valence-electron chi connectivity index (χ4n) is 1.45. The van der Waals surface area contributed by atoms with Crippen molar-refractivity contribution in [1.29, 1.82) is 0 Å². The summed E-state index contributed by atoms with van der Waals surface area (Å²) in [5, 5.41) is 8.99. The minimum atomic E-state index is -1.09. The third-order valence-corrected chi connectivity index (χ3v) is 2.76. The highest BCUT2D eigenvalue weighted by molar-refractivity contribution is 5.78. The molecule has 0 spiro atoms. The van der Waals surface area contributed by atoms with E-state index in [0.717, 1.165) is 5.56 Å². The third kappa shape index (κ3) is 3.06. The Morgan fingerprint density at radius 2 is 2.00 bits per heavy atom. The normalized spacial score (nSPS) is 14.5. The summed E-state index contributed by atoms with van der Waals surface area (Å²) < 4.78 is 0. The van der Waals surface area contributed by atoms with Gasteiger partial charge < -0.3 is 10.8 Å². The molecule has 0 bridgehead atoms. The molecule has 0 aliphatic heterocycles. The molecule has 3 heteroatoms. The number of carboxylic acid groups (broad SMARTS) is 1. The lowest BCUT2D eigenvalue weighted by Crippen LogP contribution is -2.47. The summed E-state index contributed by atoms with van der Waals surface area (Å²) in [6.07, 6.45) is 1.63. The van der Waals surface area contributed by atoms with Crippen LogP contribution in [-0.2, 0) is 11.2 Å². The van der Waals surface area contributed by atoms with E-state index in [1.54, 1.807) is 6.92 Å². The molecule has 0 aliphatic carbocycles. The Balaban J connectivity index is 2.59. The average molecular weight is 207 g/mol. The zero-order valence-electron chi connectivity index (χ0n) is 8.94. The molecule has 1 unspecified atom stereocenters. The van der Waals surface area contributed by atoms with Gasteiger partial charge >= 0.3 is 5.97 Å². The second-order valence-corrected chi connectivity index (χ2v) is 3.80. The predicted octanol–water partition coefficient (Wildman–Crippen LogP) is 1.81. The molecule has 3 nitrogen and oxygen atoms in total. The molecule has 1 aromatic rings. The molecule has 0 heterocycles. The maximum Gasteiger partial charge on any atom is 0.323 e. The van der Waals surface area contributed by atoms with Crippen molar-refractivity contribution in [3.63, 3.8) is 0 Å². The fourth-order valence-corrected chi connectivity index (χ4v) is 1.45. The van der Waals surface area contributed by atoms with E-state index in [-0.39, 0.29) is 0 Å². The maximum atomic E-state index is 10.9. The molecule has 0 radical (unpaired) electrons. The quantitative estimate of drug-likeness (QED) is 0.774. The van der Waals surface area contributed by atoms with Crippen LogP contribution in [0.5, 0.6) is 0 Å². The Morgan fingerprint density at radius 3 is 2.47 bits per heavy atom. The number of benzene rings is 1. The lowest BCUT2D eigenvalue weighted by molar-refractivity contribution is -0.143. The summed E-state index contributed by atoms with van der Waals surface area (Å²) in [4.78, 5) is 10.9. The Bertz CT molecular complexity index is 324. The topological polar surface area (TPSA) is 63.3 Å². The van der Waals surface area contributed by atoms with Gasteiger partial charge in [-0.05, 0) is 24.8 Å². The SMILES string of the molecule is CCC(N)(CCc1ccccc1)C(=O)O. The zero-order chi connectivity index (χ0) is 11.3. The van der Waals surface area contributed by atoms with Gasteiger partial charge in [0.1, 0.15) is 5.54 Å². The Hall–Kier alpha value is -1.35. The number of nitrogens with two attached hydrogens (primary N) is 1. The monoisotopic (exact) mass is 207 g/mol. The van der Waals surface area contributed by atoms with Crippen LogP contribution in [0.3, 0.4) is 0 Å². The van der Waals surface area contributed by atoms with Gasteiger partial charge in [0, 0.05) is 0 Å². The highest BCUT2D eigenvalue weighted by atomic mass is 16.4. The molecule has 0 aromatic heterocycles. The van der Waals surface area contributed by atoms with Gasteiger partial charge in [0.15, 0.2) is 0 Å². The largest absolute Gasteiger partial charge is 0.480 e. The summed E-state index contributed by atoms with van der Waals surface area (Å²) in [5.74, 6) is -0.916. The van der Waals surface area contributed by atoms with Crippen LogP contribution in [0.4, 0.5) is 0 Å². The molecular formula is C12H17NO2. The molecule has 0 saturated carbocycles. The van der Waals surface area contributed by atoms with E-state index in [9.17, 15) is 4.79 Å². The molecular weight excluding hydrogens is 190 g/mol. The van der Waals surface area contributed by atoms with Crippen molar-refractivity contribution in [2.75, 3.05) is 0 Å². The van der Waals surface area contributed by atoms with Crippen molar-refractivity contribution in [3.05, 3.63) is 35.9 Å². The van der Waals surface area contributed by atoms with Crippen LogP contribution < -0.4 is 5.73 Å². The molecule has 1 aromatic carbocycles. The summed E-state index contributed by atoms with van der Waals surface area (Å²) in [6.45, 7) is 1.80. The van der Waals surface area contributed by atoms with Crippen LogP contribution >= 0.6 is 0 Å². The summed E-state index contributed by atoms with van der Waals surface area (Å²) in [5.41, 5.74) is 5.83. The van der Waals surface area contributed by atoms with E-state index in [1.807, 2.05) is 30.3 Å². The highest BCUT2D eigenvalue weighted by Gasteiger charge is 2.31. The van der Waals surface area contributed by atoms with E-state index in [1.165, 1.54) is 0 Å². The fraction of sp³-hybridized carbons (Fsp3) is 0.417. The molecule has 0 saturated heterocycles. The molecule has 3 N–H and O–H groups in total. The smallest absolute Gasteiger partial charge is 0.323 e. The minimum Gasteiger partial charge on any atom is -0.480 e. The number of carbonyl (C=O) groups is 1. The van der Waals surface area contributed by atoms with Crippen molar-refractivity contribution in [2.45, 2.75) is 31.7 Å². The second-order valence-electron chi connectivity index (χ2n) is 3.80. The van der Waals surface area contributed by atoms with Gasteiger partial charge in [0.2, 0.25) is 0 Å². The lowest BCUT2D eigenvalue weighted by atomic mass is 9.90. The van der Waals surface area contributed by atoms with Crippen molar-refractivity contribution in [3.8, 4) is 0 Å². The Kier molecular flexibility index (Phi) is 3.86. The zero-order valence-corrected chi connectivity index (χ0v) is 8.94. The van der Waals surface area contributed by atoms with E-state index in [4.69, 9.17) is 10.8 Å². The van der Waals surface area contributed by atoms with Crippen molar-refractivity contribution < 1.29 is 9.90 Å². The first-order chi connectivity index (χ1) is 7.08. The van der Waals surface area contributed by atoms with Gasteiger partial charge in [-0.1, -0.05) is 37.3 Å². The summed E-state index contributed by atoms with van der Waals surface area (Å²) in [6, 6.07) is 9.80. The first-order valence-electron chi connectivity index (χ1n) is 5.14. The van der Waals surface area contributed by atoms with Crippen LogP contribution in [0.25, 0.3) is 0 Å². The van der Waals surface area contributed by atoms with Gasteiger partial charge in [0.05, 0.1) is 0 Å². The summed E-state index contributed by atoms with van der Waals surface area (Å²) in [7, 11) is 0. The van der Waals surface area contributed by atoms with Crippen molar-refractivity contribution >= 4 is 5.97 Å². The minimum absolute atomic E-state index is 0.454. The van der Waals surface area contributed by atoms with Gasteiger partial charge in [-0.3, -0.25) is 4.79 Å². The van der Waals surface area contributed by atoms with E-state index in [0.29, 0.717) is 19.3 Å². The van der Waals surface area contributed by atoms with E-state index >= 15 is 0 Å². The number of rotatable bonds is 5. The molecule has 1 rings (SSSR count). The molecule has 15 heavy (non-hydrogen) atoms. The Labute approximate surface area is 89.9 Å². The molecule has 0 fully saturated rings. The van der Waals surface area contributed by atoms with Crippen LogP contribution in [-0.4, -0.2) is 16.6 Å². The number of hydrogen-bond acceptors (Lipinski definition) is 2. The molecule has 0 aliphatic rings. The predicted molar refractivity (Wildman–Crippen MR) is 59.6 cm³/mol. The third-order valence-electron chi connectivity index (χ3n) is 2.76. The van der Waals surface area contributed by atoms with Crippen LogP contribution in [0.2, 0.25) is 0 Å². The van der Waals surface area contributed by atoms with Crippen LogP contribution in [0.1, 0.15) is 25.3 Å². The Morgan fingerprint density at radius 1 is 1.40 bits per heavy atom. The average Bonchev–Trinajstić information content (AvgIpc) is 2.27. The first kappa shape index (κ1) is 11.7. The highest BCUT2D eigenvalue weighted by Crippen LogP contribution is 2.15. The molecule has 0 amide bonds. The first-order valence-corrected chi connectivity index (χ1v) is 5.14. The van der Waals surface area contributed by atoms with Crippen LogP contribution in [0.15, 0.2) is 30.3 Å². The van der Waals surface area contributed by atoms with E-state index < -0.39 is 11.5 Å². The van der Waals surface area contributed by atoms with Gasteiger partial charge in [-0.15, -0.1) is 0 Å².